The molecule has 2 fully saturated rings. The van der Waals surface area contributed by atoms with Gasteiger partial charge in [0.1, 0.15) is 38.5 Å². The maximum absolute atomic E-state index is 13.7. The summed E-state index contributed by atoms with van der Waals surface area (Å²) >= 11 is 0. The molecule has 1 aliphatic carbocycles. The molecule has 1 aliphatic heterocycles. The van der Waals surface area contributed by atoms with Crippen molar-refractivity contribution in [1.82, 2.24) is 0 Å². The third-order valence-electron chi connectivity index (χ3n) is 5.18. The van der Waals surface area contributed by atoms with E-state index in [-0.39, 0.29) is 5.82 Å². The minimum atomic E-state index is -0.0398. The average molecular weight is 278 g/mol. The monoisotopic (exact) mass is 278 g/mol. The van der Waals surface area contributed by atoms with Crippen LogP contribution in [-0.4, -0.2) is 32.2 Å². The normalized spacial score (nSPS) is 28.4. The molecule has 20 heavy (non-hydrogen) atoms. The smallest absolute Gasteiger partial charge is 0.132 e. The summed E-state index contributed by atoms with van der Waals surface area (Å²) in [6, 6.07) is 8.15. The highest BCUT2D eigenvalue weighted by Gasteiger charge is 2.30. The number of rotatable bonds is 3. The Kier molecular flexibility index (Phi) is 4.69. The topological polar surface area (TPSA) is 8.88 Å². The van der Waals surface area contributed by atoms with Gasteiger partial charge in [-0.3, -0.25) is 0 Å². The molecule has 110 valence electrons. The standard InChI is InChI=1S/C17H25FN2/c18-17-9-5-4-6-15(17)14-19-10-12-20(13-11-19)16-7-2-1-3-8-16/h4-6,9,16H,1-3,7-8,10-14H2/p+2. The van der Waals surface area contributed by atoms with E-state index >= 15 is 0 Å². The highest BCUT2D eigenvalue weighted by atomic mass is 19.1. The summed E-state index contributed by atoms with van der Waals surface area (Å²) in [6.45, 7) is 5.79. The lowest BCUT2D eigenvalue weighted by atomic mass is 9.94. The van der Waals surface area contributed by atoms with Gasteiger partial charge in [-0.05, 0) is 31.7 Å². The molecule has 0 bridgehead atoms. The van der Waals surface area contributed by atoms with E-state index in [4.69, 9.17) is 0 Å². The molecule has 2 aliphatic rings. The Balaban J connectivity index is 1.50. The van der Waals surface area contributed by atoms with Gasteiger partial charge in [0.2, 0.25) is 0 Å². The third-order valence-corrected chi connectivity index (χ3v) is 5.18. The maximum Gasteiger partial charge on any atom is 0.132 e. The van der Waals surface area contributed by atoms with Crippen LogP contribution >= 0.6 is 0 Å². The van der Waals surface area contributed by atoms with Crippen molar-refractivity contribution in [3.8, 4) is 0 Å². The van der Waals surface area contributed by atoms with E-state index in [2.05, 4.69) is 0 Å². The molecule has 0 radical (unpaired) electrons. The lowest BCUT2D eigenvalue weighted by Crippen LogP contribution is -3.29. The molecule has 3 rings (SSSR count). The van der Waals surface area contributed by atoms with E-state index in [1.54, 1.807) is 17.0 Å². The van der Waals surface area contributed by atoms with Crippen molar-refractivity contribution in [2.45, 2.75) is 44.7 Å². The number of nitrogens with one attached hydrogen (secondary N) is 2. The van der Waals surface area contributed by atoms with Crippen molar-refractivity contribution in [3.63, 3.8) is 0 Å². The summed E-state index contributed by atoms with van der Waals surface area (Å²) in [5.74, 6) is -0.0398. The molecule has 0 spiro atoms. The van der Waals surface area contributed by atoms with Gasteiger partial charge in [-0.25, -0.2) is 4.39 Å². The van der Waals surface area contributed by atoms with Crippen LogP contribution in [0.25, 0.3) is 0 Å². The van der Waals surface area contributed by atoms with E-state index in [1.165, 1.54) is 58.3 Å². The van der Waals surface area contributed by atoms with Crippen LogP contribution in [0.4, 0.5) is 4.39 Å². The van der Waals surface area contributed by atoms with Crippen LogP contribution in [0.3, 0.4) is 0 Å². The predicted octanol–water partition coefficient (Wildman–Crippen LogP) is 0.442. The Labute approximate surface area is 121 Å². The summed E-state index contributed by atoms with van der Waals surface area (Å²) in [7, 11) is 0. The van der Waals surface area contributed by atoms with Gasteiger partial charge in [-0.15, -0.1) is 0 Å². The quantitative estimate of drug-likeness (QED) is 0.794. The van der Waals surface area contributed by atoms with Gasteiger partial charge in [0.05, 0.1) is 6.04 Å². The molecular weight excluding hydrogens is 251 g/mol. The fourth-order valence-corrected chi connectivity index (χ4v) is 3.93. The maximum atomic E-state index is 13.7. The van der Waals surface area contributed by atoms with E-state index in [0.29, 0.717) is 0 Å². The Bertz CT molecular complexity index is 421. The first-order valence-electron chi connectivity index (χ1n) is 8.24. The Hall–Kier alpha value is -0.930. The minimum Gasteiger partial charge on any atom is -0.323 e. The predicted molar refractivity (Wildman–Crippen MR) is 78.4 cm³/mol. The third kappa shape index (κ3) is 3.39. The SMILES string of the molecule is Fc1ccccc1C[NH+]1CC[NH+](C2CCCCC2)CC1. The highest BCUT2D eigenvalue weighted by Crippen LogP contribution is 2.15. The summed E-state index contributed by atoms with van der Waals surface area (Å²) in [5.41, 5.74) is 0.878. The lowest BCUT2D eigenvalue weighted by molar-refractivity contribution is -1.03. The van der Waals surface area contributed by atoms with Gasteiger partial charge in [0.15, 0.2) is 0 Å². The number of halogens is 1. The molecule has 3 heteroatoms. The van der Waals surface area contributed by atoms with Gasteiger partial charge < -0.3 is 9.80 Å². The Morgan fingerprint density at radius 1 is 0.950 bits per heavy atom. The van der Waals surface area contributed by atoms with E-state index in [1.807, 2.05) is 17.0 Å². The van der Waals surface area contributed by atoms with Crippen LogP contribution < -0.4 is 9.80 Å². The molecule has 0 unspecified atom stereocenters. The first-order chi connectivity index (χ1) is 9.83. The number of hydrogen-bond acceptors (Lipinski definition) is 0. The molecule has 0 atom stereocenters. The zero-order valence-corrected chi connectivity index (χ0v) is 12.3. The van der Waals surface area contributed by atoms with E-state index in [9.17, 15) is 4.39 Å². The van der Waals surface area contributed by atoms with Crippen molar-refractivity contribution >= 4 is 0 Å². The largest absolute Gasteiger partial charge is 0.323 e. The molecule has 1 heterocycles. The number of benzene rings is 1. The van der Waals surface area contributed by atoms with Crippen molar-refractivity contribution in [2.24, 2.45) is 0 Å². The van der Waals surface area contributed by atoms with Gasteiger partial charge in [-0.1, -0.05) is 24.6 Å². The molecule has 0 amide bonds. The van der Waals surface area contributed by atoms with Crippen LogP contribution in [0.2, 0.25) is 0 Å². The van der Waals surface area contributed by atoms with E-state index < -0.39 is 0 Å². The summed E-state index contributed by atoms with van der Waals surface area (Å²) in [4.78, 5) is 3.37. The number of piperazine rings is 1. The molecule has 1 saturated heterocycles. The summed E-state index contributed by atoms with van der Waals surface area (Å²) in [5, 5.41) is 0. The van der Waals surface area contributed by atoms with Gasteiger partial charge in [0.25, 0.3) is 0 Å². The highest BCUT2D eigenvalue weighted by molar-refractivity contribution is 5.15. The summed E-state index contributed by atoms with van der Waals surface area (Å²) < 4.78 is 13.7. The van der Waals surface area contributed by atoms with Crippen LogP contribution in [0.1, 0.15) is 37.7 Å². The lowest BCUT2D eigenvalue weighted by Gasteiger charge is -2.36. The zero-order chi connectivity index (χ0) is 13.8. The van der Waals surface area contributed by atoms with Crippen LogP contribution in [-0.2, 0) is 6.54 Å². The van der Waals surface area contributed by atoms with E-state index in [0.717, 1.165) is 18.2 Å². The van der Waals surface area contributed by atoms with Crippen molar-refractivity contribution in [2.75, 3.05) is 26.2 Å². The van der Waals surface area contributed by atoms with Crippen LogP contribution in [0.15, 0.2) is 24.3 Å². The first-order valence-corrected chi connectivity index (χ1v) is 8.24. The Morgan fingerprint density at radius 3 is 2.35 bits per heavy atom. The number of hydrogen-bond donors (Lipinski definition) is 2. The van der Waals surface area contributed by atoms with Crippen molar-refractivity contribution in [3.05, 3.63) is 35.6 Å². The number of quaternary nitrogens is 2. The Morgan fingerprint density at radius 2 is 1.65 bits per heavy atom. The summed E-state index contributed by atoms with van der Waals surface area (Å²) in [6.07, 6.45) is 7.16. The molecule has 1 aromatic carbocycles. The zero-order valence-electron chi connectivity index (χ0n) is 12.3. The van der Waals surface area contributed by atoms with Crippen LogP contribution in [0.5, 0.6) is 0 Å². The minimum absolute atomic E-state index is 0.0398. The first kappa shape index (κ1) is 14.0. The fraction of sp³-hybridized carbons (Fsp3) is 0.647. The molecule has 1 aromatic rings. The molecule has 1 saturated carbocycles. The second-order valence-corrected chi connectivity index (χ2v) is 6.51. The van der Waals surface area contributed by atoms with Gasteiger partial charge >= 0.3 is 0 Å². The molecule has 2 nitrogen and oxygen atoms in total. The average Bonchev–Trinajstić information content (AvgIpc) is 2.51. The van der Waals surface area contributed by atoms with Gasteiger partial charge in [-0.2, -0.15) is 0 Å². The molecule has 0 aromatic heterocycles. The molecule has 2 N–H and O–H groups in total. The second-order valence-electron chi connectivity index (χ2n) is 6.51. The second kappa shape index (κ2) is 6.68. The van der Waals surface area contributed by atoms with Crippen molar-refractivity contribution < 1.29 is 14.2 Å². The van der Waals surface area contributed by atoms with Crippen molar-refractivity contribution in [1.29, 1.82) is 0 Å². The van der Waals surface area contributed by atoms with Gasteiger partial charge in [0, 0.05) is 5.56 Å². The fourth-order valence-electron chi connectivity index (χ4n) is 3.93. The van der Waals surface area contributed by atoms with Crippen LogP contribution in [0, 0.1) is 5.82 Å². The molecular formula is C17H27FN2+2.